The van der Waals surface area contributed by atoms with Crippen LogP contribution in [-0.2, 0) is 16.0 Å². The second kappa shape index (κ2) is 9.57. The van der Waals surface area contributed by atoms with E-state index in [0.29, 0.717) is 23.8 Å². The molecule has 2 aromatic carbocycles. The van der Waals surface area contributed by atoms with Gasteiger partial charge in [-0.1, -0.05) is 51.1 Å². The summed E-state index contributed by atoms with van der Waals surface area (Å²) in [5.74, 6) is -0.258. The Balaban J connectivity index is 1.77. The van der Waals surface area contributed by atoms with Crippen LogP contribution in [0.3, 0.4) is 0 Å². The van der Waals surface area contributed by atoms with E-state index in [1.54, 1.807) is 24.3 Å². The summed E-state index contributed by atoms with van der Waals surface area (Å²) in [6.45, 7) is 6.65. The second-order valence-electron chi connectivity index (χ2n) is 7.99. The minimum atomic E-state index is -0.800. The lowest BCUT2D eigenvalue weighted by Crippen LogP contribution is -2.39. The van der Waals surface area contributed by atoms with Gasteiger partial charge in [0.1, 0.15) is 6.04 Å². The van der Waals surface area contributed by atoms with E-state index in [1.807, 2.05) is 30.3 Å². The minimum Gasteiger partial charge on any atom is -0.326 e. The predicted molar refractivity (Wildman–Crippen MR) is 118 cm³/mol. The molecule has 0 aliphatic carbocycles. The summed E-state index contributed by atoms with van der Waals surface area (Å²) in [5, 5.41) is 2.85. The van der Waals surface area contributed by atoms with Crippen LogP contribution in [0.4, 0.5) is 16.2 Å². The number of rotatable bonds is 8. The molecule has 30 heavy (non-hydrogen) atoms. The smallest absolute Gasteiger partial charge is 0.326 e. The van der Waals surface area contributed by atoms with Gasteiger partial charge in [0.2, 0.25) is 5.91 Å². The zero-order chi connectivity index (χ0) is 21.7. The fourth-order valence-corrected chi connectivity index (χ4v) is 3.51. The van der Waals surface area contributed by atoms with Crippen LogP contribution in [0, 0.1) is 5.92 Å². The first-order valence-corrected chi connectivity index (χ1v) is 10.5. The largest absolute Gasteiger partial charge is 0.332 e. The third-order valence-corrected chi connectivity index (χ3v) is 5.31. The molecule has 0 saturated carbocycles. The molecule has 0 radical (unpaired) electrons. The molecule has 1 fully saturated rings. The van der Waals surface area contributed by atoms with Crippen molar-refractivity contribution in [3.05, 3.63) is 60.2 Å². The molecule has 1 heterocycles. The number of amides is 4. The molecule has 0 aromatic heterocycles. The number of hydrogen-bond donors (Lipinski definition) is 1. The topological polar surface area (TPSA) is 69.7 Å². The number of hydrogen-bond acceptors (Lipinski definition) is 3. The summed E-state index contributed by atoms with van der Waals surface area (Å²) in [6.07, 6.45) is 1.62. The molecule has 1 N–H and O–H groups in total. The van der Waals surface area contributed by atoms with E-state index in [1.165, 1.54) is 15.4 Å². The van der Waals surface area contributed by atoms with Crippen molar-refractivity contribution in [3.63, 3.8) is 0 Å². The number of anilines is 2. The molecule has 3 rings (SSSR count). The van der Waals surface area contributed by atoms with Crippen LogP contribution in [0.15, 0.2) is 54.6 Å². The molecule has 2 aromatic rings. The molecule has 0 unspecified atom stereocenters. The maximum absolute atomic E-state index is 13.1. The van der Waals surface area contributed by atoms with Crippen molar-refractivity contribution in [3.8, 4) is 0 Å². The van der Waals surface area contributed by atoms with Gasteiger partial charge in [0.15, 0.2) is 0 Å². The van der Waals surface area contributed by atoms with Gasteiger partial charge in [-0.25, -0.2) is 9.69 Å². The molecule has 6 nitrogen and oxygen atoms in total. The standard InChI is InChI=1S/C24H29N3O3/c1-4-18-10-12-19(13-11-18)25-22(28)16-21-23(29)27(20-8-6-5-7-9-20)24(30)26(21)15-14-17(2)3/h5-13,17,21H,4,14-16H2,1-3H3,(H,25,28)/t21-/m0/s1. The van der Waals surface area contributed by atoms with Gasteiger partial charge in [0.25, 0.3) is 5.91 Å². The van der Waals surface area contributed by atoms with E-state index in [2.05, 4.69) is 26.1 Å². The zero-order valence-corrected chi connectivity index (χ0v) is 17.8. The Morgan fingerprint density at radius 2 is 1.70 bits per heavy atom. The Hall–Kier alpha value is -3.15. The van der Waals surface area contributed by atoms with Crippen molar-refractivity contribution in [2.75, 3.05) is 16.8 Å². The maximum Gasteiger partial charge on any atom is 0.332 e. The molecular formula is C24H29N3O3. The number of carbonyl (C=O) groups is 3. The Labute approximate surface area is 177 Å². The monoisotopic (exact) mass is 407 g/mol. The lowest BCUT2D eigenvalue weighted by molar-refractivity contribution is -0.124. The van der Waals surface area contributed by atoms with Gasteiger partial charge in [-0.15, -0.1) is 0 Å². The minimum absolute atomic E-state index is 0.0679. The second-order valence-corrected chi connectivity index (χ2v) is 7.99. The van der Waals surface area contributed by atoms with Crippen LogP contribution in [0.25, 0.3) is 0 Å². The molecule has 1 saturated heterocycles. The Kier molecular flexibility index (Phi) is 6.87. The van der Waals surface area contributed by atoms with Crippen molar-refractivity contribution in [2.45, 2.75) is 46.1 Å². The average molecular weight is 408 g/mol. The SMILES string of the molecule is CCc1ccc(NC(=O)C[C@H]2C(=O)N(c3ccccc3)C(=O)N2CCC(C)C)cc1. The molecule has 4 amide bonds. The molecule has 1 aliphatic heterocycles. The fourth-order valence-electron chi connectivity index (χ4n) is 3.51. The molecular weight excluding hydrogens is 378 g/mol. The summed E-state index contributed by atoms with van der Waals surface area (Å²) < 4.78 is 0. The Morgan fingerprint density at radius 1 is 1.03 bits per heavy atom. The quantitative estimate of drug-likeness (QED) is 0.657. The van der Waals surface area contributed by atoms with E-state index in [9.17, 15) is 14.4 Å². The first-order valence-electron chi connectivity index (χ1n) is 10.5. The van der Waals surface area contributed by atoms with Crippen LogP contribution in [0.5, 0.6) is 0 Å². The van der Waals surface area contributed by atoms with Gasteiger partial charge < -0.3 is 10.2 Å². The fraction of sp³-hybridized carbons (Fsp3) is 0.375. The third-order valence-electron chi connectivity index (χ3n) is 5.31. The van der Waals surface area contributed by atoms with E-state index in [4.69, 9.17) is 0 Å². The number of urea groups is 1. The van der Waals surface area contributed by atoms with Gasteiger partial charge in [0.05, 0.1) is 12.1 Å². The molecule has 0 bridgehead atoms. The van der Waals surface area contributed by atoms with Gasteiger partial charge in [0, 0.05) is 12.2 Å². The Morgan fingerprint density at radius 3 is 2.30 bits per heavy atom. The maximum atomic E-state index is 13.1. The third kappa shape index (κ3) is 4.87. The normalized spacial score (nSPS) is 16.5. The van der Waals surface area contributed by atoms with E-state index in [-0.39, 0.29) is 24.3 Å². The molecule has 1 atom stereocenters. The van der Waals surface area contributed by atoms with Crippen molar-refractivity contribution >= 4 is 29.2 Å². The molecule has 158 valence electrons. The first kappa shape index (κ1) is 21.6. The number of para-hydroxylation sites is 1. The van der Waals surface area contributed by atoms with Gasteiger partial charge in [-0.3, -0.25) is 9.59 Å². The van der Waals surface area contributed by atoms with Crippen molar-refractivity contribution in [1.82, 2.24) is 4.90 Å². The highest BCUT2D eigenvalue weighted by Gasteiger charge is 2.46. The molecule has 6 heteroatoms. The molecule has 1 aliphatic rings. The number of benzene rings is 2. The zero-order valence-electron chi connectivity index (χ0n) is 17.8. The Bertz CT molecular complexity index is 894. The number of nitrogens with zero attached hydrogens (tertiary/aromatic N) is 2. The van der Waals surface area contributed by atoms with E-state index < -0.39 is 6.04 Å². The highest BCUT2D eigenvalue weighted by Crippen LogP contribution is 2.27. The van der Waals surface area contributed by atoms with E-state index >= 15 is 0 Å². The summed E-state index contributed by atoms with van der Waals surface area (Å²) in [7, 11) is 0. The summed E-state index contributed by atoms with van der Waals surface area (Å²) >= 11 is 0. The van der Waals surface area contributed by atoms with E-state index in [0.717, 1.165) is 12.8 Å². The lowest BCUT2D eigenvalue weighted by atomic mass is 10.1. The highest BCUT2D eigenvalue weighted by molar-refractivity contribution is 6.22. The molecule has 0 spiro atoms. The lowest BCUT2D eigenvalue weighted by Gasteiger charge is -2.22. The van der Waals surface area contributed by atoms with Crippen LogP contribution < -0.4 is 10.2 Å². The average Bonchev–Trinajstić information content (AvgIpc) is 2.96. The number of imide groups is 1. The van der Waals surface area contributed by atoms with Gasteiger partial charge >= 0.3 is 6.03 Å². The van der Waals surface area contributed by atoms with Crippen LogP contribution >= 0.6 is 0 Å². The predicted octanol–water partition coefficient (Wildman–Crippen LogP) is 4.46. The van der Waals surface area contributed by atoms with Crippen molar-refractivity contribution in [2.24, 2.45) is 5.92 Å². The summed E-state index contributed by atoms with van der Waals surface area (Å²) in [4.78, 5) is 41.6. The number of aryl methyl sites for hydroxylation is 1. The summed E-state index contributed by atoms with van der Waals surface area (Å²) in [5.41, 5.74) is 2.39. The van der Waals surface area contributed by atoms with Crippen LogP contribution in [0.1, 0.15) is 39.2 Å². The van der Waals surface area contributed by atoms with Crippen molar-refractivity contribution in [1.29, 1.82) is 0 Å². The van der Waals surface area contributed by atoms with Crippen LogP contribution in [-0.4, -0.2) is 35.3 Å². The van der Waals surface area contributed by atoms with Crippen molar-refractivity contribution < 1.29 is 14.4 Å². The van der Waals surface area contributed by atoms with Crippen LogP contribution in [0.2, 0.25) is 0 Å². The van der Waals surface area contributed by atoms with Gasteiger partial charge in [-0.2, -0.15) is 0 Å². The highest BCUT2D eigenvalue weighted by atomic mass is 16.2. The number of carbonyl (C=O) groups excluding carboxylic acids is 3. The first-order chi connectivity index (χ1) is 14.4. The van der Waals surface area contributed by atoms with Gasteiger partial charge in [-0.05, 0) is 48.6 Å². The number of nitrogens with one attached hydrogen (secondary N) is 1. The summed E-state index contributed by atoms with van der Waals surface area (Å²) in [6, 6.07) is 15.3.